The Hall–Kier alpha value is -3.35. The number of carbonyl (C=O) groups excluding carboxylic acids is 2. The van der Waals surface area contributed by atoms with E-state index in [2.05, 4.69) is 5.32 Å². The zero-order valence-corrected chi connectivity index (χ0v) is 16.4. The zero-order chi connectivity index (χ0) is 20.8. The standard InChI is InChI=1S/C22H23FN2O4/c1-3-25(13-21(26)24-12-15-4-6-17(23)7-5-15)22(27)10-16-14-29-20-11-18(28-2)8-9-19(16)20/h4-9,11,14H,3,10,12-13H2,1-2H3,(H,24,26). The predicted molar refractivity (Wildman–Crippen MR) is 107 cm³/mol. The van der Waals surface area contributed by atoms with Crippen LogP contribution in [-0.4, -0.2) is 36.9 Å². The number of nitrogens with zero attached hydrogens (tertiary/aromatic N) is 1. The van der Waals surface area contributed by atoms with Gasteiger partial charge < -0.3 is 19.4 Å². The van der Waals surface area contributed by atoms with Gasteiger partial charge in [0.2, 0.25) is 11.8 Å². The van der Waals surface area contributed by atoms with Gasteiger partial charge in [-0.25, -0.2) is 4.39 Å². The third-order valence-electron chi connectivity index (χ3n) is 4.68. The summed E-state index contributed by atoms with van der Waals surface area (Å²) >= 11 is 0. The molecule has 3 aromatic rings. The van der Waals surface area contributed by atoms with Crippen LogP contribution in [0.3, 0.4) is 0 Å². The second-order valence-electron chi connectivity index (χ2n) is 6.61. The minimum atomic E-state index is -0.326. The number of halogens is 1. The highest BCUT2D eigenvalue weighted by Crippen LogP contribution is 2.26. The van der Waals surface area contributed by atoms with Gasteiger partial charge in [0.05, 0.1) is 26.3 Å². The minimum absolute atomic E-state index is 0.0415. The van der Waals surface area contributed by atoms with Crippen LogP contribution in [0.4, 0.5) is 4.39 Å². The number of nitrogens with one attached hydrogen (secondary N) is 1. The third-order valence-corrected chi connectivity index (χ3v) is 4.68. The fourth-order valence-electron chi connectivity index (χ4n) is 3.01. The predicted octanol–water partition coefficient (Wildman–Crippen LogP) is 3.29. The first-order valence-electron chi connectivity index (χ1n) is 9.33. The third kappa shape index (κ3) is 5.13. The number of rotatable bonds is 8. The SMILES string of the molecule is CCN(CC(=O)NCc1ccc(F)cc1)C(=O)Cc1coc2cc(OC)ccc12. The number of likely N-dealkylation sites (N-methyl/N-ethyl adjacent to an activating group) is 1. The van der Waals surface area contributed by atoms with E-state index in [0.717, 1.165) is 16.5 Å². The normalized spacial score (nSPS) is 10.7. The quantitative estimate of drug-likeness (QED) is 0.632. The Bertz CT molecular complexity index is 998. The molecule has 29 heavy (non-hydrogen) atoms. The molecule has 0 unspecified atom stereocenters. The Balaban J connectivity index is 1.58. The average Bonchev–Trinajstić information content (AvgIpc) is 3.13. The van der Waals surface area contributed by atoms with Crippen LogP contribution in [0.5, 0.6) is 5.75 Å². The highest BCUT2D eigenvalue weighted by molar-refractivity contribution is 5.90. The second-order valence-corrected chi connectivity index (χ2v) is 6.61. The molecule has 2 amide bonds. The highest BCUT2D eigenvalue weighted by Gasteiger charge is 2.18. The number of hydrogen-bond acceptors (Lipinski definition) is 4. The van der Waals surface area contributed by atoms with Crippen molar-refractivity contribution in [3.8, 4) is 5.75 Å². The Kier molecular flexibility index (Phi) is 6.49. The molecule has 1 N–H and O–H groups in total. The summed E-state index contributed by atoms with van der Waals surface area (Å²) in [6.07, 6.45) is 1.70. The lowest BCUT2D eigenvalue weighted by molar-refractivity contribution is -0.135. The van der Waals surface area contributed by atoms with Crippen LogP contribution in [0.1, 0.15) is 18.1 Å². The number of methoxy groups -OCH3 is 1. The summed E-state index contributed by atoms with van der Waals surface area (Å²) in [4.78, 5) is 26.4. The van der Waals surface area contributed by atoms with E-state index in [0.29, 0.717) is 17.9 Å². The van der Waals surface area contributed by atoms with Gasteiger partial charge in [0.1, 0.15) is 17.1 Å². The Morgan fingerprint density at radius 2 is 1.93 bits per heavy atom. The summed E-state index contributed by atoms with van der Waals surface area (Å²) in [6, 6.07) is 11.3. The van der Waals surface area contributed by atoms with E-state index in [4.69, 9.17) is 9.15 Å². The van der Waals surface area contributed by atoms with Gasteiger partial charge in [-0.15, -0.1) is 0 Å². The Labute approximate surface area is 168 Å². The number of hydrogen-bond donors (Lipinski definition) is 1. The van der Waals surface area contributed by atoms with Crippen molar-refractivity contribution < 1.29 is 23.1 Å². The molecular formula is C22H23FN2O4. The molecule has 0 aliphatic rings. The van der Waals surface area contributed by atoms with Crippen LogP contribution in [0.2, 0.25) is 0 Å². The smallest absolute Gasteiger partial charge is 0.239 e. The van der Waals surface area contributed by atoms with Crippen molar-refractivity contribution in [3.63, 3.8) is 0 Å². The molecule has 7 heteroatoms. The number of fused-ring (bicyclic) bond motifs is 1. The molecule has 6 nitrogen and oxygen atoms in total. The van der Waals surface area contributed by atoms with Crippen molar-refractivity contribution >= 4 is 22.8 Å². The summed E-state index contributed by atoms with van der Waals surface area (Å²) in [5.74, 6) is -0.0833. The molecule has 0 saturated heterocycles. The van der Waals surface area contributed by atoms with Gasteiger partial charge in [-0.1, -0.05) is 12.1 Å². The van der Waals surface area contributed by atoms with E-state index in [1.165, 1.54) is 17.0 Å². The number of amides is 2. The second kappa shape index (κ2) is 9.23. The van der Waals surface area contributed by atoms with Crippen LogP contribution < -0.4 is 10.1 Å². The number of carbonyl (C=O) groups is 2. The van der Waals surface area contributed by atoms with Crippen LogP contribution >= 0.6 is 0 Å². The first kappa shape index (κ1) is 20.4. The molecule has 152 valence electrons. The van der Waals surface area contributed by atoms with Crippen molar-refractivity contribution in [1.82, 2.24) is 10.2 Å². The maximum Gasteiger partial charge on any atom is 0.239 e. The molecule has 0 aliphatic carbocycles. The van der Waals surface area contributed by atoms with E-state index in [9.17, 15) is 14.0 Å². The molecule has 0 spiro atoms. The van der Waals surface area contributed by atoms with Crippen LogP contribution in [0.15, 0.2) is 53.1 Å². The van der Waals surface area contributed by atoms with Gasteiger partial charge in [-0.2, -0.15) is 0 Å². The first-order chi connectivity index (χ1) is 14.0. The molecule has 0 fully saturated rings. The molecule has 2 aromatic carbocycles. The van der Waals surface area contributed by atoms with Crippen LogP contribution in [0.25, 0.3) is 11.0 Å². The minimum Gasteiger partial charge on any atom is -0.497 e. The monoisotopic (exact) mass is 398 g/mol. The van der Waals surface area contributed by atoms with E-state index < -0.39 is 0 Å². The van der Waals surface area contributed by atoms with Crippen molar-refractivity contribution in [2.45, 2.75) is 19.9 Å². The van der Waals surface area contributed by atoms with E-state index >= 15 is 0 Å². The molecule has 1 aromatic heterocycles. The van der Waals surface area contributed by atoms with Gasteiger partial charge >= 0.3 is 0 Å². The molecule has 0 saturated carbocycles. The fourth-order valence-corrected chi connectivity index (χ4v) is 3.01. The molecular weight excluding hydrogens is 375 g/mol. The average molecular weight is 398 g/mol. The van der Waals surface area contributed by atoms with Crippen molar-refractivity contribution in [3.05, 3.63) is 65.7 Å². The van der Waals surface area contributed by atoms with Crippen molar-refractivity contribution in [2.24, 2.45) is 0 Å². The number of furan rings is 1. The van der Waals surface area contributed by atoms with Crippen molar-refractivity contribution in [2.75, 3.05) is 20.2 Å². The highest BCUT2D eigenvalue weighted by atomic mass is 19.1. The molecule has 1 heterocycles. The summed E-state index contributed by atoms with van der Waals surface area (Å²) in [5.41, 5.74) is 2.19. The Morgan fingerprint density at radius 1 is 1.17 bits per heavy atom. The summed E-state index contributed by atoms with van der Waals surface area (Å²) in [6.45, 7) is 2.47. The van der Waals surface area contributed by atoms with E-state index in [1.807, 2.05) is 19.1 Å². The summed E-state index contributed by atoms with van der Waals surface area (Å²) < 4.78 is 23.6. The van der Waals surface area contributed by atoms with Gasteiger partial charge in [0.25, 0.3) is 0 Å². The molecule has 0 aliphatic heterocycles. The molecule has 3 rings (SSSR count). The van der Waals surface area contributed by atoms with Crippen molar-refractivity contribution in [1.29, 1.82) is 0 Å². The van der Waals surface area contributed by atoms with Gasteiger partial charge in [-0.05, 0) is 36.8 Å². The molecule has 0 bridgehead atoms. The van der Waals surface area contributed by atoms with E-state index in [-0.39, 0.29) is 37.1 Å². The zero-order valence-electron chi connectivity index (χ0n) is 16.4. The van der Waals surface area contributed by atoms with E-state index in [1.54, 1.807) is 31.6 Å². The van der Waals surface area contributed by atoms with Gasteiger partial charge in [-0.3, -0.25) is 9.59 Å². The van der Waals surface area contributed by atoms with Gasteiger partial charge in [0, 0.05) is 30.1 Å². The summed E-state index contributed by atoms with van der Waals surface area (Å²) in [5, 5.41) is 3.60. The molecule has 0 radical (unpaired) electrons. The lowest BCUT2D eigenvalue weighted by Gasteiger charge is -2.20. The van der Waals surface area contributed by atoms with Crippen LogP contribution in [-0.2, 0) is 22.6 Å². The lowest BCUT2D eigenvalue weighted by Crippen LogP contribution is -2.41. The first-order valence-corrected chi connectivity index (χ1v) is 9.33. The lowest BCUT2D eigenvalue weighted by atomic mass is 10.1. The fraction of sp³-hybridized carbons (Fsp3) is 0.273. The topological polar surface area (TPSA) is 71.8 Å². The number of ether oxygens (including phenoxy) is 1. The maximum absolute atomic E-state index is 12.9. The van der Waals surface area contributed by atoms with Gasteiger partial charge in [0.15, 0.2) is 0 Å². The maximum atomic E-state index is 12.9. The molecule has 0 atom stereocenters. The number of benzene rings is 2. The van der Waals surface area contributed by atoms with Crippen LogP contribution in [0, 0.1) is 5.82 Å². The largest absolute Gasteiger partial charge is 0.497 e. The Morgan fingerprint density at radius 3 is 2.62 bits per heavy atom. The summed E-state index contributed by atoms with van der Waals surface area (Å²) in [7, 11) is 1.58.